The van der Waals surface area contributed by atoms with Crippen LogP contribution in [0.2, 0.25) is 0 Å². The third-order valence-electron chi connectivity index (χ3n) is 3.78. The van der Waals surface area contributed by atoms with Crippen molar-refractivity contribution in [1.29, 1.82) is 0 Å². The zero-order chi connectivity index (χ0) is 16.2. The Morgan fingerprint density at radius 2 is 2.05 bits per heavy atom. The summed E-state index contributed by atoms with van der Waals surface area (Å²) >= 11 is 0. The number of nitrogens with two attached hydrogens (primary N) is 1. The Kier molecular flexibility index (Phi) is 5.52. The number of hydrogen-bond acceptors (Lipinski definition) is 3. The van der Waals surface area contributed by atoms with Crippen molar-refractivity contribution in [1.82, 2.24) is 9.80 Å². The molecule has 0 aliphatic carbocycles. The van der Waals surface area contributed by atoms with Gasteiger partial charge in [0, 0.05) is 25.6 Å². The molecule has 1 atom stereocenters. The molecule has 0 radical (unpaired) electrons. The van der Waals surface area contributed by atoms with E-state index in [0.717, 1.165) is 6.42 Å². The van der Waals surface area contributed by atoms with Crippen molar-refractivity contribution in [2.75, 3.05) is 19.6 Å². The van der Waals surface area contributed by atoms with Crippen LogP contribution in [-0.2, 0) is 14.4 Å². The first-order valence-corrected chi connectivity index (χ1v) is 7.19. The van der Waals surface area contributed by atoms with E-state index in [1.165, 1.54) is 11.0 Å². The van der Waals surface area contributed by atoms with Crippen molar-refractivity contribution in [2.45, 2.75) is 39.7 Å². The lowest BCUT2D eigenvalue weighted by atomic mass is 9.90. The normalized spacial score (nSPS) is 20.1. The molecule has 6 nitrogen and oxygen atoms in total. The number of likely N-dealkylation sites (N-methyl/N-ethyl adjacent to an activating group) is 1. The first-order chi connectivity index (χ1) is 9.70. The molecule has 0 aromatic rings. The lowest BCUT2D eigenvalue weighted by Crippen LogP contribution is -2.45. The second-order valence-corrected chi connectivity index (χ2v) is 6.27. The van der Waals surface area contributed by atoms with E-state index >= 15 is 0 Å². The van der Waals surface area contributed by atoms with E-state index in [4.69, 9.17) is 5.73 Å². The molecule has 1 heterocycles. The van der Waals surface area contributed by atoms with Crippen LogP contribution in [0.1, 0.15) is 33.6 Å². The van der Waals surface area contributed by atoms with Gasteiger partial charge in [0.1, 0.15) is 6.54 Å². The molecule has 1 rings (SSSR count). The van der Waals surface area contributed by atoms with Crippen LogP contribution >= 0.6 is 0 Å². The van der Waals surface area contributed by atoms with Crippen LogP contribution < -0.4 is 5.73 Å². The lowest BCUT2D eigenvalue weighted by Gasteiger charge is -2.27. The van der Waals surface area contributed by atoms with E-state index in [1.807, 2.05) is 6.92 Å². The van der Waals surface area contributed by atoms with Crippen molar-refractivity contribution in [3.8, 4) is 0 Å². The third kappa shape index (κ3) is 4.58. The second kappa shape index (κ2) is 6.74. The van der Waals surface area contributed by atoms with Crippen LogP contribution in [0.25, 0.3) is 0 Å². The monoisotopic (exact) mass is 295 g/mol. The summed E-state index contributed by atoms with van der Waals surface area (Å²) in [4.78, 5) is 38.4. The SMILES string of the molecule is C=CC(=O)N(CC)CC(=O)N1CC(C)(C)CC1CC(N)=O. The van der Waals surface area contributed by atoms with Crippen LogP contribution in [0, 0.1) is 5.41 Å². The number of rotatable bonds is 6. The zero-order valence-electron chi connectivity index (χ0n) is 13.1. The van der Waals surface area contributed by atoms with Crippen molar-refractivity contribution in [3.63, 3.8) is 0 Å². The molecule has 0 aromatic carbocycles. The van der Waals surface area contributed by atoms with Crippen molar-refractivity contribution in [2.24, 2.45) is 11.1 Å². The second-order valence-electron chi connectivity index (χ2n) is 6.27. The van der Waals surface area contributed by atoms with E-state index in [9.17, 15) is 14.4 Å². The lowest BCUT2D eigenvalue weighted by molar-refractivity contribution is -0.139. The van der Waals surface area contributed by atoms with Gasteiger partial charge in [-0.05, 0) is 24.8 Å². The number of nitrogens with zero attached hydrogens (tertiary/aromatic N) is 2. The molecule has 0 aromatic heterocycles. The summed E-state index contributed by atoms with van der Waals surface area (Å²) in [6.45, 7) is 10.4. The van der Waals surface area contributed by atoms with E-state index < -0.39 is 5.91 Å². The van der Waals surface area contributed by atoms with E-state index in [-0.39, 0.29) is 36.2 Å². The van der Waals surface area contributed by atoms with Gasteiger partial charge in [0.05, 0.1) is 0 Å². The maximum atomic E-state index is 12.5. The average Bonchev–Trinajstić information content (AvgIpc) is 2.69. The summed E-state index contributed by atoms with van der Waals surface area (Å²) in [5.41, 5.74) is 5.22. The first-order valence-electron chi connectivity index (χ1n) is 7.19. The van der Waals surface area contributed by atoms with Crippen LogP contribution in [-0.4, -0.2) is 53.2 Å². The summed E-state index contributed by atoms with van der Waals surface area (Å²) in [6.07, 6.45) is 2.10. The van der Waals surface area contributed by atoms with Gasteiger partial charge in [0.15, 0.2) is 0 Å². The number of hydrogen-bond donors (Lipinski definition) is 1. The molecule has 1 unspecified atom stereocenters. The predicted octanol–water partition coefficient (Wildman–Crippen LogP) is 0.523. The van der Waals surface area contributed by atoms with Gasteiger partial charge in [-0.3, -0.25) is 14.4 Å². The minimum atomic E-state index is -0.412. The largest absolute Gasteiger partial charge is 0.370 e. The van der Waals surface area contributed by atoms with Gasteiger partial charge in [0.25, 0.3) is 0 Å². The molecular formula is C15H25N3O3. The molecule has 0 spiro atoms. The number of amides is 3. The maximum absolute atomic E-state index is 12.5. The van der Waals surface area contributed by atoms with Crippen LogP contribution in [0.3, 0.4) is 0 Å². The molecule has 0 bridgehead atoms. The van der Waals surface area contributed by atoms with Crippen LogP contribution in [0.4, 0.5) is 0 Å². The molecule has 6 heteroatoms. The summed E-state index contributed by atoms with van der Waals surface area (Å²) in [5.74, 6) is -0.829. The molecule has 1 aliphatic heterocycles. The van der Waals surface area contributed by atoms with Gasteiger partial charge in [-0.1, -0.05) is 20.4 Å². The highest BCUT2D eigenvalue weighted by atomic mass is 16.2. The highest BCUT2D eigenvalue weighted by Gasteiger charge is 2.40. The van der Waals surface area contributed by atoms with Crippen molar-refractivity contribution >= 4 is 17.7 Å². The van der Waals surface area contributed by atoms with Gasteiger partial charge >= 0.3 is 0 Å². The molecule has 118 valence electrons. The van der Waals surface area contributed by atoms with Gasteiger partial charge in [-0.25, -0.2) is 0 Å². The fraction of sp³-hybridized carbons (Fsp3) is 0.667. The van der Waals surface area contributed by atoms with Gasteiger partial charge in [-0.15, -0.1) is 0 Å². The van der Waals surface area contributed by atoms with E-state index in [2.05, 4.69) is 20.4 Å². The number of carbonyl (C=O) groups is 3. The highest BCUT2D eigenvalue weighted by Crippen LogP contribution is 2.35. The fourth-order valence-corrected chi connectivity index (χ4v) is 2.84. The van der Waals surface area contributed by atoms with Gasteiger partial charge < -0.3 is 15.5 Å². The molecular weight excluding hydrogens is 270 g/mol. The van der Waals surface area contributed by atoms with E-state index in [0.29, 0.717) is 13.1 Å². The average molecular weight is 295 g/mol. The smallest absolute Gasteiger partial charge is 0.246 e. The summed E-state index contributed by atoms with van der Waals surface area (Å²) in [5, 5.41) is 0. The summed E-state index contributed by atoms with van der Waals surface area (Å²) in [6, 6.07) is -0.178. The van der Waals surface area contributed by atoms with Gasteiger partial charge in [-0.2, -0.15) is 0 Å². The number of likely N-dealkylation sites (tertiary alicyclic amines) is 1. The van der Waals surface area contributed by atoms with E-state index in [1.54, 1.807) is 4.90 Å². The summed E-state index contributed by atoms with van der Waals surface area (Å²) in [7, 11) is 0. The number of carbonyl (C=O) groups excluding carboxylic acids is 3. The predicted molar refractivity (Wildman–Crippen MR) is 80.2 cm³/mol. The highest BCUT2D eigenvalue weighted by molar-refractivity contribution is 5.91. The topological polar surface area (TPSA) is 83.7 Å². The minimum absolute atomic E-state index is 0.00664. The van der Waals surface area contributed by atoms with Gasteiger partial charge in [0.2, 0.25) is 17.7 Å². The van der Waals surface area contributed by atoms with Crippen LogP contribution in [0.5, 0.6) is 0 Å². The standard InChI is InChI=1S/C15H25N3O3/c1-5-13(20)17(6-2)9-14(21)18-10-15(3,4)8-11(18)7-12(16)19/h5,11H,1,6-10H2,2-4H3,(H2,16,19). The molecule has 1 fully saturated rings. The van der Waals surface area contributed by atoms with Crippen molar-refractivity contribution < 1.29 is 14.4 Å². The molecule has 2 N–H and O–H groups in total. The molecule has 3 amide bonds. The Hall–Kier alpha value is -1.85. The fourth-order valence-electron chi connectivity index (χ4n) is 2.84. The molecule has 0 saturated carbocycles. The number of primary amides is 1. The Morgan fingerprint density at radius 3 is 2.52 bits per heavy atom. The Morgan fingerprint density at radius 1 is 1.43 bits per heavy atom. The Labute approximate surface area is 125 Å². The third-order valence-corrected chi connectivity index (χ3v) is 3.78. The molecule has 1 saturated heterocycles. The first kappa shape index (κ1) is 17.2. The molecule has 21 heavy (non-hydrogen) atoms. The van der Waals surface area contributed by atoms with Crippen LogP contribution in [0.15, 0.2) is 12.7 Å². The molecule has 1 aliphatic rings. The zero-order valence-corrected chi connectivity index (χ0v) is 13.1. The van der Waals surface area contributed by atoms with Crippen molar-refractivity contribution in [3.05, 3.63) is 12.7 Å². The Bertz CT molecular complexity index is 445. The minimum Gasteiger partial charge on any atom is -0.370 e. The Balaban J connectivity index is 2.80. The summed E-state index contributed by atoms with van der Waals surface area (Å²) < 4.78 is 0. The quantitative estimate of drug-likeness (QED) is 0.725. The maximum Gasteiger partial charge on any atom is 0.246 e.